The quantitative estimate of drug-likeness (QED) is 0.391. The summed E-state index contributed by atoms with van der Waals surface area (Å²) in [6.45, 7) is 8.22. The number of imidazole rings is 1. The largest absolute Gasteiger partial charge is 0.373 e. The van der Waals surface area contributed by atoms with Crippen molar-refractivity contribution in [1.82, 2.24) is 19.9 Å². The van der Waals surface area contributed by atoms with Crippen molar-refractivity contribution in [3.8, 4) is 22.6 Å². The summed E-state index contributed by atoms with van der Waals surface area (Å²) in [7, 11) is 0. The number of benzene rings is 1. The highest BCUT2D eigenvalue weighted by atomic mass is 16.1. The molecule has 1 fully saturated rings. The van der Waals surface area contributed by atoms with Crippen molar-refractivity contribution in [1.29, 1.82) is 0 Å². The highest BCUT2D eigenvalue weighted by Gasteiger charge is 2.21. The topological polar surface area (TPSA) is 80.4 Å². The van der Waals surface area contributed by atoms with Crippen LogP contribution in [-0.4, -0.2) is 51.7 Å². The number of anilines is 1. The van der Waals surface area contributed by atoms with Gasteiger partial charge in [0.1, 0.15) is 5.82 Å². The Bertz CT molecular complexity index is 1570. The molecule has 7 nitrogen and oxygen atoms in total. The molecule has 0 atom stereocenters. The van der Waals surface area contributed by atoms with E-state index >= 15 is 0 Å². The van der Waals surface area contributed by atoms with E-state index in [0.29, 0.717) is 11.4 Å². The van der Waals surface area contributed by atoms with Crippen molar-refractivity contribution in [2.75, 3.05) is 31.1 Å². The lowest BCUT2D eigenvalue weighted by atomic mass is 10.1. The average molecular weight is 493 g/mol. The van der Waals surface area contributed by atoms with Gasteiger partial charge in [0.25, 0.3) is 5.56 Å². The second-order valence-electron chi connectivity index (χ2n) is 9.99. The number of aliphatic imine (C=N–C) groups is 1. The molecule has 0 unspecified atom stereocenters. The molecule has 3 aliphatic heterocycles. The Hall–Kier alpha value is -4.13. The van der Waals surface area contributed by atoms with E-state index in [4.69, 9.17) is 4.98 Å². The third-order valence-corrected chi connectivity index (χ3v) is 7.38. The van der Waals surface area contributed by atoms with Gasteiger partial charge in [-0.15, -0.1) is 0 Å². The molecule has 188 valence electrons. The van der Waals surface area contributed by atoms with Gasteiger partial charge in [-0.25, -0.2) is 4.98 Å². The van der Waals surface area contributed by atoms with Crippen molar-refractivity contribution in [3.05, 3.63) is 82.4 Å². The monoisotopic (exact) mass is 492 g/mol. The molecule has 7 heteroatoms. The van der Waals surface area contributed by atoms with Gasteiger partial charge in [-0.05, 0) is 69.5 Å². The molecule has 2 N–H and O–H groups in total. The lowest BCUT2D eigenvalue weighted by molar-refractivity contribution is 0.356. The number of allylic oxidation sites excluding steroid dienone is 4. The molecule has 0 bridgehead atoms. The summed E-state index contributed by atoms with van der Waals surface area (Å²) in [4.78, 5) is 33.6. The van der Waals surface area contributed by atoms with E-state index in [0.717, 1.165) is 73.4 Å². The average Bonchev–Trinajstić information content (AvgIpc) is 3.20. The normalized spacial score (nSPS) is 17.2. The van der Waals surface area contributed by atoms with Crippen LogP contribution in [0.3, 0.4) is 0 Å². The van der Waals surface area contributed by atoms with Gasteiger partial charge < -0.3 is 19.8 Å². The summed E-state index contributed by atoms with van der Waals surface area (Å²) in [6.07, 6.45) is 7.55. The van der Waals surface area contributed by atoms with E-state index in [9.17, 15) is 4.79 Å². The smallest absolute Gasteiger partial charge is 0.260 e. The fraction of sp³-hybridized carbons (Fsp3) is 0.300. The molecule has 0 spiro atoms. The maximum atomic E-state index is 12.8. The molecule has 1 aromatic heterocycles. The summed E-state index contributed by atoms with van der Waals surface area (Å²) in [5, 5.41) is 0. The first-order chi connectivity index (χ1) is 18.0. The maximum absolute atomic E-state index is 12.8. The Morgan fingerprint density at radius 3 is 2.62 bits per heavy atom. The van der Waals surface area contributed by atoms with Gasteiger partial charge in [-0.1, -0.05) is 24.3 Å². The molecule has 0 amide bonds. The third kappa shape index (κ3) is 4.69. The molecular weight excluding hydrogens is 460 g/mol. The van der Waals surface area contributed by atoms with Crippen LogP contribution < -0.4 is 10.5 Å². The van der Waals surface area contributed by atoms with Gasteiger partial charge in [-0.2, -0.15) is 0 Å². The van der Waals surface area contributed by atoms with E-state index in [1.54, 1.807) is 0 Å². The summed E-state index contributed by atoms with van der Waals surface area (Å²) in [6, 6.07) is 16.1. The molecule has 2 aromatic rings. The van der Waals surface area contributed by atoms with Crippen LogP contribution in [-0.2, 0) is 0 Å². The van der Waals surface area contributed by atoms with Gasteiger partial charge >= 0.3 is 0 Å². The first-order valence-electron chi connectivity index (χ1n) is 13.1. The molecule has 0 radical (unpaired) electrons. The first kappa shape index (κ1) is 23.3. The molecule has 1 aliphatic carbocycles. The van der Waals surface area contributed by atoms with E-state index in [1.165, 1.54) is 17.1 Å². The number of H-pyrrole nitrogens is 2. The van der Waals surface area contributed by atoms with Crippen molar-refractivity contribution in [3.63, 3.8) is 0 Å². The molecule has 37 heavy (non-hydrogen) atoms. The highest BCUT2D eigenvalue weighted by Crippen LogP contribution is 2.30. The van der Waals surface area contributed by atoms with Crippen molar-refractivity contribution < 1.29 is 0 Å². The van der Waals surface area contributed by atoms with Crippen LogP contribution in [0.2, 0.25) is 0 Å². The fourth-order valence-corrected chi connectivity index (χ4v) is 5.46. The minimum atomic E-state index is -0.122. The number of hydrogen-bond donors (Lipinski definition) is 2. The molecule has 4 heterocycles. The Morgan fingerprint density at radius 2 is 1.70 bits per heavy atom. The maximum Gasteiger partial charge on any atom is 0.260 e. The van der Waals surface area contributed by atoms with E-state index in [1.807, 2.05) is 30.3 Å². The van der Waals surface area contributed by atoms with Crippen LogP contribution in [0.25, 0.3) is 33.7 Å². The Kier molecular flexibility index (Phi) is 6.12. The lowest BCUT2D eigenvalue weighted by Crippen LogP contribution is -2.30. The van der Waals surface area contributed by atoms with E-state index in [-0.39, 0.29) is 5.56 Å². The molecular formula is C30H32N6O. The molecule has 1 saturated heterocycles. The zero-order valence-electron chi connectivity index (χ0n) is 21.4. The number of hydrogen-bond acceptors (Lipinski definition) is 5. The van der Waals surface area contributed by atoms with Gasteiger partial charge in [0.15, 0.2) is 0 Å². The molecule has 4 aliphatic rings. The van der Waals surface area contributed by atoms with Crippen LogP contribution in [0.5, 0.6) is 0 Å². The minimum Gasteiger partial charge on any atom is -0.373 e. The van der Waals surface area contributed by atoms with Gasteiger partial charge in [0, 0.05) is 60.2 Å². The standard InChI is InChI=1S/C30H32N6O/c1-20-9-11-22(12-10-21(2)31-20)35-15-6-16-36(18-17-35)23-13-14-26-27(19-23)33-29(32-26)28-24-7-4-3-5-8-25(24)34-30(28)37/h3-5,7-9,11,13-14,19H,6,10,12,15-18H2,1-2H3,(H,32,33)(H,34,37). The van der Waals surface area contributed by atoms with E-state index in [2.05, 4.69) is 69.0 Å². The summed E-state index contributed by atoms with van der Waals surface area (Å²) in [5.74, 6) is 0.607. The number of nitrogens with zero attached hydrogens (tertiary/aromatic N) is 4. The fourth-order valence-electron chi connectivity index (χ4n) is 5.46. The first-order valence-corrected chi connectivity index (χ1v) is 13.1. The van der Waals surface area contributed by atoms with Crippen LogP contribution in [0.1, 0.15) is 33.1 Å². The number of aromatic amines is 2. The van der Waals surface area contributed by atoms with Crippen LogP contribution >= 0.6 is 0 Å². The minimum absolute atomic E-state index is 0.122. The van der Waals surface area contributed by atoms with Crippen molar-refractivity contribution >= 4 is 22.4 Å². The van der Waals surface area contributed by atoms with Crippen LogP contribution in [0, 0.1) is 0 Å². The number of nitrogens with one attached hydrogen (secondary N) is 2. The van der Waals surface area contributed by atoms with Crippen molar-refractivity contribution in [2.24, 2.45) is 4.99 Å². The summed E-state index contributed by atoms with van der Waals surface area (Å²) in [5.41, 5.74) is 8.83. The van der Waals surface area contributed by atoms with Crippen LogP contribution in [0.15, 0.2) is 81.9 Å². The summed E-state index contributed by atoms with van der Waals surface area (Å²) >= 11 is 0. The second kappa shape index (κ2) is 9.73. The Balaban J connectivity index is 1.23. The number of rotatable bonds is 3. The van der Waals surface area contributed by atoms with Gasteiger partial charge in [-0.3, -0.25) is 9.79 Å². The number of fused-ring (bicyclic) bond motifs is 2. The van der Waals surface area contributed by atoms with E-state index < -0.39 is 0 Å². The van der Waals surface area contributed by atoms with Crippen molar-refractivity contribution in [2.45, 2.75) is 33.1 Å². The molecule has 0 saturated carbocycles. The Labute approximate surface area is 216 Å². The predicted molar refractivity (Wildman–Crippen MR) is 151 cm³/mol. The predicted octanol–water partition coefficient (Wildman–Crippen LogP) is 5.58. The Morgan fingerprint density at radius 1 is 0.865 bits per heavy atom. The second-order valence-corrected chi connectivity index (χ2v) is 9.99. The lowest BCUT2D eigenvalue weighted by Gasteiger charge is -2.27. The number of aromatic nitrogens is 3. The zero-order chi connectivity index (χ0) is 25.4. The molecule has 6 rings (SSSR count). The van der Waals surface area contributed by atoms with Gasteiger partial charge in [0.2, 0.25) is 0 Å². The third-order valence-electron chi connectivity index (χ3n) is 7.38. The molecule has 1 aromatic carbocycles. The highest BCUT2D eigenvalue weighted by molar-refractivity contribution is 5.87. The van der Waals surface area contributed by atoms with Gasteiger partial charge in [0.05, 0.1) is 16.6 Å². The van der Waals surface area contributed by atoms with Crippen LogP contribution in [0.4, 0.5) is 5.69 Å². The zero-order valence-corrected chi connectivity index (χ0v) is 21.4. The SMILES string of the molecule is CC1=CC=C(N2CCCN(c3ccc4nc(-c5c6cccccc-6[nH]c5=O)[nH]c4c3)CC2)CCC(C)=N1. The summed E-state index contributed by atoms with van der Waals surface area (Å²) < 4.78 is 0.